The molecule has 0 aliphatic heterocycles. The normalized spacial score (nSPS) is 12.9. The summed E-state index contributed by atoms with van der Waals surface area (Å²) in [6.07, 6.45) is 7.65. The Morgan fingerprint density at radius 3 is 1.70 bits per heavy atom. The largest absolute Gasteiger partial charge is 0.372 e. The Morgan fingerprint density at radius 2 is 1.45 bits per heavy atom. The summed E-state index contributed by atoms with van der Waals surface area (Å²) in [6, 6.07) is 0. The van der Waals surface area contributed by atoms with Crippen LogP contribution >= 0.6 is 24.8 Å². The van der Waals surface area contributed by atoms with Crippen molar-refractivity contribution in [2.75, 3.05) is 7.05 Å². The van der Waals surface area contributed by atoms with Gasteiger partial charge < -0.3 is 4.90 Å². The van der Waals surface area contributed by atoms with Crippen molar-refractivity contribution in [1.29, 1.82) is 0 Å². The van der Waals surface area contributed by atoms with Crippen LogP contribution in [0.4, 0.5) is 0 Å². The molecule has 0 aromatic carbocycles. The van der Waals surface area contributed by atoms with Gasteiger partial charge in [-0.25, -0.2) is 0 Å². The summed E-state index contributed by atoms with van der Waals surface area (Å²) in [7, 11) is 2.62. The Hall–Kier alpha value is 0.791. The van der Waals surface area contributed by atoms with Crippen LogP contribution in [0.2, 0.25) is 13.1 Å². The first-order valence-electron chi connectivity index (χ1n) is 6.78. The van der Waals surface area contributed by atoms with Gasteiger partial charge in [0.25, 0.3) is 0 Å². The standard InChI is InChI=1S/C13H23N.C2H8Si.2ClH.Ti/c1-12(2,3)13(4,5)14(6)11-9-7-8-10-11;1-3-2;;;/h7-9H,10H2,1-6H3;3H2,1-2H3;2*1H;. The van der Waals surface area contributed by atoms with Crippen molar-refractivity contribution in [3.63, 3.8) is 0 Å². The Kier molecular flexibility index (Phi) is 17.8. The van der Waals surface area contributed by atoms with Crippen LogP contribution in [-0.2, 0) is 21.7 Å². The van der Waals surface area contributed by atoms with E-state index in [0.29, 0.717) is 9.52 Å². The summed E-state index contributed by atoms with van der Waals surface area (Å²) in [5, 5.41) is 0. The second-order valence-corrected chi connectivity index (χ2v) is 7.78. The first kappa shape index (κ1) is 28.9. The van der Waals surface area contributed by atoms with Crippen LogP contribution in [0.15, 0.2) is 23.9 Å². The van der Waals surface area contributed by atoms with Crippen LogP contribution in [0.1, 0.15) is 41.0 Å². The molecule has 0 aromatic heterocycles. The summed E-state index contributed by atoms with van der Waals surface area (Å²) in [5.74, 6) is 0. The molecule has 0 aromatic rings. The zero-order chi connectivity index (χ0) is 13.7. The number of rotatable bonds is 2. The molecule has 0 spiro atoms. The van der Waals surface area contributed by atoms with E-state index in [1.807, 2.05) is 0 Å². The molecule has 5 heteroatoms. The van der Waals surface area contributed by atoms with Crippen molar-refractivity contribution in [2.24, 2.45) is 5.41 Å². The number of hydrogen-bond acceptors (Lipinski definition) is 1. The van der Waals surface area contributed by atoms with Crippen molar-refractivity contribution >= 4 is 34.3 Å². The van der Waals surface area contributed by atoms with E-state index in [1.165, 1.54) is 5.70 Å². The van der Waals surface area contributed by atoms with E-state index in [2.05, 4.69) is 77.9 Å². The molecule has 1 aliphatic rings. The van der Waals surface area contributed by atoms with Gasteiger partial charge in [0.1, 0.15) is 0 Å². The quantitative estimate of drug-likeness (QED) is 0.635. The molecule has 1 nitrogen and oxygen atoms in total. The predicted molar refractivity (Wildman–Crippen MR) is 97.9 cm³/mol. The fraction of sp³-hybridized carbons (Fsp3) is 0.733. The zero-order valence-electron chi connectivity index (χ0n) is 14.4. The molecule has 0 fully saturated rings. The average Bonchev–Trinajstić information content (AvgIpc) is 2.68. The van der Waals surface area contributed by atoms with Crippen molar-refractivity contribution in [3.8, 4) is 0 Å². The van der Waals surface area contributed by atoms with Crippen molar-refractivity contribution in [1.82, 2.24) is 4.90 Å². The molecule has 1 aliphatic carbocycles. The Bertz CT molecular complexity index is 297. The van der Waals surface area contributed by atoms with Gasteiger partial charge in [-0.1, -0.05) is 46.0 Å². The maximum Gasteiger partial charge on any atom is 0.0388 e. The first-order chi connectivity index (χ1) is 7.68. The van der Waals surface area contributed by atoms with Gasteiger partial charge in [-0.3, -0.25) is 0 Å². The Morgan fingerprint density at radius 1 is 1.05 bits per heavy atom. The molecule has 0 atom stereocenters. The number of nitrogens with zero attached hydrogens (tertiary/aromatic N) is 1. The van der Waals surface area contributed by atoms with E-state index < -0.39 is 0 Å². The fourth-order valence-corrected chi connectivity index (χ4v) is 1.55. The van der Waals surface area contributed by atoms with E-state index >= 15 is 0 Å². The van der Waals surface area contributed by atoms with Crippen LogP contribution in [0.5, 0.6) is 0 Å². The summed E-state index contributed by atoms with van der Waals surface area (Å²) < 4.78 is 0. The smallest absolute Gasteiger partial charge is 0.0388 e. The summed E-state index contributed by atoms with van der Waals surface area (Å²) in [4.78, 5) is 2.41. The van der Waals surface area contributed by atoms with Gasteiger partial charge in [-0.15, -0.1) is 24.8 Å². The number of halogens is 2. The molecule has 0 N–H and O–H groups in total. The van der Waals surface area contributed by atoms with Crippen LogP contribution in [0.25, 0.3) is 0 Å². The van der Waals surface area contributed by atoms with Crippen molar-refractivity contribution in [3.05, 3.63) is 23.9 Å². The molecule has 0 saturated carbocycles. The average molecular weight is 374 g/mol. The summed E-state index contributed by atoms with van der Waals surface area (Å²) in [5.41, 5.74) is 1.89. The van der Waals surface area contributed by atoms with E-state index in [-0.39, 0.29) is 57.5 Å². The monoisotopic (exact) mass is 373 g/mol. The van der Waals surface area contributed by atoms with Gasteiger partial charge >= 0.3 is 0 Å². The molecule has 0 radical (unpaired) electrons. The molecule has 0 heterocycles. The molecule has 0 bridgehead atoms. The maximum absolute atomic E-state index is 2.41. The molecule has 120 valence electrons. The van der Waals surface area contributed by atoms with Gasteiger partial charge in [0.05, 0.1) is 0 Å². The van der Waals surface area contributed by atoms with E-state index in [4.69, 9.17) is 0 Å². The second-order valence-electron chi connectivity index (χ2n) is 6.37. The summed E-state index contributed by atoms with van der Waals surface area (Å²) >= 11 is 0. The van der Waals surface area contributed by atoms with E-state index in [0.717, 1.165) is 6.42 Å². The Labute approximate surface area is 156 Å². The topological polar surface area (TPSA) is 3.24 Å². The van der Waals surface area contributed by atoms with Gasteiger partial charge in [0.15, 0.2) is 0 Å². The van der Waals surface area contributed by atoms with Crippen LogP contribution < -0.4 is 0 Å². The molecule has 0 saturated heterocycles. The summed E-state index contributed by atoms with van der Waals surface area (Å²) in [6.45, 7) is 16.0. The minimum absolute atomic E-state index is 0. The van der Waals surface area contributed by atoms with E-state index in [9.17, 15) is 0 Å². The van der Waals surface area contributed by atoms with Gasteiger partial charge in [-0.2, -0.15) is 0 Å². The van der Waals surface area contributed by atoms with Crippen LogP contribution in [0, 0.1) is 5.41 Å². The molecule has 1 rings (SSSR count). The van der Waals surface area contributed by atoms with Crippen molar-refractivity contribution in [2.45, 2.75) is 59.7 Å². The molecular weight excluding hydrogens is 341 g/mol. The predicted octanol–water partition coefficient (Wildman–Crippen LogP) is 4.68. The maximum atomic E-state index is 2.41. The molecular formula is C15H33Cl2NSiTi. The number of allylic oxidation sites excluding steroid dienone is 3. The minimum Gasteiger partial charge on any atom is -0.372 e. The van der Waals surface area contributed by atoms with E-state index in [1.54, 1.807) is 0 Å². The van der Waals surface area contributed by atoms with Crippen LogP contribution in [0.3, 0.4) is 0 Å². The third-order valence-corrected chi connectivity index (χ3v) is 3.86. The third kappa shape index (κ3) is 8.29. The van der Waals surface area contributed by atoms with Crippen LogP contribution in [-0.4, -0.2) is 27.0 Å². The molecule has 0 unspecified atom stereocenters. The van der Waals surface area contributed by atoms with Gasteiger partial charge in [0.2, 0.25) is 0 Å². The first-order valence-corrected chi connectivity index (χ1v) is 9.60. The molecule has 0 amide bonds. The third-order valence-electron chi connectivity index (χ3n) is 3.86. The number of hydrogen-bond donors (Lipinski definition) is 0. The minimum atomic E-state index is 0. The van der Waals surface area contributed by atoms with Gasteiger partial charge in [-0.05, 0) is 25.3 Å². The second kappa shape index (κ2) is 12.3. The Balaban J connectivity index is -0.000000196. The molecule has 20 heavy (non-hydrogen) atoms. The van der Waals surface area contributed by atoms with Gasteiger partial charge in [0, 0.05) is 55.9 Å². The SMILES string of the molecule is CN(C1=CC=CC1)C(C)(C)C(C)(C)C.C[SiH2]C.Cl.Cl.[Ti]. The zero-order valence-corrected chi connectivity index (χ0v) is 19.0. The fourth-order valence-electron chi connectivity index (χ4n) is 1.55. The van der Waals surface area contributed by atoms with Crippen molar-refractivity contribution < 1.29 is 21.7 Å².